The Morgan fingerprint density at radius 1 is 1.25 bits per heavy atom. The molecule has 0 bridgehead atoms. The largest absolute Gasteiger partial charge is 0.354 e. The van der Waals surface area contributed by atoms with E-state index in [1.807, 2.05) is 4.90 Å². The molecule has 152 valence electrons. The van der Waals surface area contributed by atoms with E-state index in [4.69, 9.17) is 11.6 Å². The second kappa shape index (κ2) is 9.20. The van der Waals surface area contributed by atoms with Crippen molar-refractivity contribution >= 4 is 29.4 Å². The lowest BCUT2D eigenvalue weighted by atomic mass is 10.1. The molecule has 1 atom stereocenters. The minimum atomic E-state index is -0.637. The van der Waals surface area contributed by atoms with Crippen molar-refractivity contribution in [1.29, 1.82) is 0 Å². The number of nitrogens with one attached hydrogen (secondary N) is 3. The molecule has 2 heterocycles. The Kier molecular flexibility index (Phi) is 6.69. The van der Waals surface area contributed by atoms with Gasteiger partial charge in [0.2, 0.25) is 11.8 Å². The molecule has 0 radical (unpaired) electrons. The summed E-state index contributed by atoms with van der Waals surface area (Å²) in [6.07, 6.45) is -0.00585. The van der Waals surface area contributed by atoms with Crippen LogP contribution < -0.4 is 16.0 Å². The number of benzene rings is 1. The summed E-state index contributed by atoms with van der Waals surface area (Å²) in [7, 11) is 0. The van der Waals surface area contributed by atoms with Crippen LogP contribution in [0.3, 0.4) is 0 Å². The van der Waals surface area contributed by atoms with Crippen molar-refractivity contribution in [3.63, 3.8) is 0 Å². The fraction of sp³-hybridized carbons (Fsp3) is 0.500. The smallest absolute Gasteiger partial charge is 0.317 e. The number of halogens is 2. The molecule has 2 saturated heterocycles. The molecule has 2 aliphatic rings. The van der Waals surface area contributed by atoms with Crippen LogP contribution in [-0.2, 0) is 16.1 Å². The topological polar surface area (TPSA) is 93.8 Å². The molecule has 0 aliphatic carbocycles. The van der Waals surface area contributed by atoms with Gasteiger partial charge in [-0.15, -0.1) is 0 Å². The number of carbonyl (C=O) groups excluding carboxylic acids is 3. The van der Waals surface area contributed by atoms with Gasteiger partial charge in [0.05, 0.1) is 17.5 Å². The van der Waals surface area contributed by atoms with E-state index in [1.165, 1.54) is 12.1 Å². The van der Waals surface area contributed by atoms with Gasteiger partial charge in [-0.05, 0) is 17.7 Å². The quantitative estimate of drug-likeness (QED) is 0.602. The minimum absolute atomic E-state index is 0.00585. The van der Waals surface area contributed by atoms with E-state index < -0.39 is 11.9 Å². The zero-order valence-corrected chi connectivity index (χ0v) is 16.1. The molecule has 10 heteroatoms. The Bertz CT molecular complexity index is 763. The van der Waals surface area contributed by atoms with Crippen LogP contribution in [0.5, 0.6) is 0 Å². The predicted molar refractivity (Wildman–Crippen MR) is 101 cm³/mol. The average molecular weight is 412 g/mol. The van der Waals surface area contributed by atoms with E-state index in [9.17, 15) is 18.8 Å². The number of nitrogens with zero attached hydrogens (tertiary/aromatic N) is 2. The van der Waals surface area contributed by atoms with Crippen LogP contribution in [0.1, 0.15) is 12.0 Å². The molecule has 4 amide bonds. The molecule has 2 aliphatic heterocycles. The first-order valence-electron chi connectivity index (χ1n) is 9.19. The molecule has 0 aromatic heterocycles. The van der Waals surface area contributed by atoms with Gasteiger partial charge in [0.25, 0.3) is 0 Å². The first-order chi connectivity index (χ1) is 13.4. The lowest BCUT2D eigenvalue weighted by Gasteiger charge is -2.34. The van der Waals surface area contributed by atoms with E-state index >= 15 is 0 Å². The summed E-state index contributed by atoms with van der Waals surface area (Å²) >= 11 is 5.71. The van der Waals surface area contributed by atoms with Gasteiger partial charge in [-0.3, -0.25) is 14.5 Å². The van der Waals surface area contributed by atoms with Gasteiger partial charge in [-0.2, -0.15) is 0 Å². The second-order valence-corrected chi connectivity index (χ2v) is 7.21. The van der Waals surface area contributed by atoms with E-state index in [0.29, 0.717) is 51.4 Å². The summed E-state index contributed by atoms with van der Waals surface area (Å²) in [4.78, 5) is 39.5. The number of piperazine rings is 1. The summed E-state index contributed by atoms with van der Waals surface area (Å²) in [6.45, 7) is 3.33. The third-order valence-corrected chi connectivity index (χ3v) is 5.15. The third kappa shape index (κ3) is 5.11. The lowest BCUT2D eigenvalue weighted by molar-refractivity contribution is -0.134. The van der Waals surface area contributed by atoms with Crippen LogP contribution in [0, 0.1) is 5.82 Å². The summed E-state index contributed by atoms with van der Waals surface area (Å²) in [5.41, 5.74) is 0.682. The van der Waals surface area contributed by atoms with E-state index in [2.05, 4.69) is 16.0 Å². The van der Waals surface area contributed by atoms with Crippen molar-refractivity contribution in [2.75, 3.05) is 39.3 Å². The molecule has 8 nitrogen and oxygen atoms in total. The summed E-state index contributed by atoms with van der Waals surface area (Å²) in [5.74, 6) is -1.01. The van der Waals surface area contributed by atoms with Crippen molar-refractivity contribution in [1.82, 2.24) is 25.8 Å². The van der Waals surface area contributed by atoms with Crippen molar-refractivity contribution in [2.45, 2.75) is 19.0 Å². The highest BCUT2D eigenvalue weighted by atomic mass is 35.5. The number of amides is 4. The van der Waals surface area contributed by atoms with Crippen molar-refractivity contribution in [3.05, 3.63) is 34.6 Å². The second-order valence-electron chi connectivity index (χ2n) is 6.80. The predicted octanol–water partition coefficient (Wildman–Crippen LogP) is 0.311. The van der Waals surface area contributed by atoms with Crippen LogP contribution in [0.15, 0.2) is 18.2 Å². The first kappa shape index (κ1) is 20.3. The molecule has 1 aromatic carbocycles. The Balaban J connectivity index is 1.54. The van der Waals surface area contributed by atoms with Crippen LogP contribution in [0.2, 0.25) is 5.02 Å². The molecule has 2 fully saturated rings. The van der Waals surface area contributed by atoms with Crippen LogP contribution in [0.25, 0.3) is 0 Å². The van der Waals surface area contributed by atoms with Gasteiger partial charge < -0.3 is 20.9 Å². The third-order valence-electron chi connectivity index (χ3n) is 4.84. The summed E-state index contributed by atoms with van der Waals surface area (Å²) in [5, 5.41) is 8.26. The normalized spacial score (nSPS) is 20.1. The number of hydrogen-bond acceptors (Lipinski definition) is 4. The molecule has 28 heavy (non-hydrogen) atoms. The summed E-state index contributed by atoms with van der Waals surface area (Å²) in [6, 6.07) is 3.75. The van der Waals surface area contributed by atoms with Gasteiger partial charge in [0, 0.05) is 45.8 Å². The van der Waals surface area contributed by atoms with Crippen LogP contribution >= 0.6 is 11.6 Å². The molecule has 1 unspecified atom stereocenters. The van der Waals surface area contributed by atoms with Gasteiger partial charge in [-0.1, -0.05) is 17.7 Å². The first-order valence-corrected chi connectivity index (χ1v) is 9.57. The number of carbonyl (C=O) groups is 3. The molecule has 3 rings (SSSR count). The van der Waals surface area contributed by atoms with E-state index in [1.54, 1.807) is 11.0 Å². The van der Waals surface area contributed by atoms with E-state index in [0.717, 1.165) is 0 Å². The maximum atomic E-state index is 13.7. The Hall–Kier alpha value is -2.39. The van der Waals surface area contributed by atoms with Gasteiger partial charge in [-0.25, -0.2) is 9.18 Å². The molecular weight excluding hydrogens is 389 g/mol. The maximum Gasteiger partial charge on any atom is 0.317 e. The fourth-order valence-corrected chi connectivity index (χ4v) is 3.47. The molecule has 1 aromatic rings. The minimum Gasteiger partial charge on any atom is -0.354 e. The molecular formula is C18H23ClFN5O3. The van der Waals surface area contributed by atoms with Crippen LogP contribution in [-0.4, -0.2) is 73.0 Å². The monoisotopic (exact) mass is 411 g/mol. The lowest BCUT2D eigenvalue weighted by Crippen LogP contribution is -2.56. The number of hydrogen-bond donors (Lipinski definition) is 3. The SMILES string of the molecule is O=C(CC1C(=O)NCCN1Cc1ccc(Cl)c(F)c1)NCCN1CCNC1=O. The number of urea groups is 1. The Morgan fingerprint density at radius 3 is 2.75 bits per heavy atom. The van der Waals surface area contributed by atoms with Crippen LogP contribution in [0.4, 0.5) is 9.18 Å². The zero-order valence-electron chi connectivity index (χ0n) is 15.3. The zero-order chi connectivity index (χ0) is 20.1. The Morgan fingerprint density at radius 2 is 2.04 bits per heavy atom. The van der Waals surface area contributed by atoms with Crippen molar-refractivity contribution < 1.29 is 18.8 Å². The maximum absolute atomic E-state index is 13.7. The van der Waals surface area contributed by atoms with Gasteiger partial charge in [0.15, 0.2) is 0 Å². The average Bonchev–Trinajstić information content (AvgIpc) is 3.06. The van der Waals surface area contributed by atoms with E-state index in [-0.39, 0.29) is 29.3 Å². The highest BCUT2D eigenvalue weighted by molar-refractivity contribution is 6.30. The van der Waals surface area contributed by atoms with Crippen molar-refractivity contribution in [3.8, 4) is 0 Å². The highest BCUT2D eigenvalue weighted by Gasteiger charge is 2.31. The summed E-state index contributed by atoms with van der Waals surface area (Å²) < 4.78 is 13.7. The Labute approximate surface area is 167 Å². The molecule has 0 spiro atoms. The standard InChI is InChI=1S/C18H23ClFN5O3/c19-13-2-1-12(9-14(13)20)11-25-8-4-22-17(27)15(25)10-16(26)21-3-6-24-7-5-23-18(24)28/h1-2,9,15H,3-8,10-11H2,(H,21,26)(H,22,27)(H,23,28). The van der Waals surface area contributed by atoms with Gasteiger partial charge in [0.1, 0.15) is 5.82 Å². The fourth-order valence-electron chi connectivity index (χ4n) is 3.35. The highest BCUT2D eigenvalue weighted by Crippen LogP contribution is 2.19. The molecule has 0 saturated carbocycles. The van der Waals surface area contributed by atoms with Crippen molar-refractivity contribution in [2.24, 2.45) is 0 Å². The number of rotatable bonds is 7. The molecule has 3 N–H and O–H groups in total. The van der Waals surface area contributed by atoms with Gasteiger partial charge >= 0.3 is 6.03 Å².